The lowest BCUT2D eigenvalue weighted by atomic mass is 10.2. The first-order valence-electron chi connectivity index (χ1n) is 8.64. The first kappa shape index (κ1) is 17.7. The zero-order valence-electron chi connectivity index (χ0n) is 15.2. The molecular weight excluding hydrogens is 364 g/mol. The molecule has 1 aromatic carbocycles. The van der Waals surface area contributed by atoms with E-state index in [2.05, 4.69) is 21.9 Å². The number of fused-ring (bicyclic) bond motifs is 1. The Morgan fingerprint density at radius 2 is 2.07 bits per heavy atom. The highest BCUT2D eigenvalue weighted by atomic mass is 32.2. The van der Waals surface area contributed by atoms with Crippen molar-refractivity contribution in [1.82, 2.24) is 19.9 Å². The van der Waals surface area contributed by atoms with E-state index < -0.39 is 0 Å². The van der Waals surface area contributed by atoms with Gasteiger partial charge in [-0.15, -0.1) is 16.8 Å². The van der Waals surface area contributed by atoms with E-state index >= 15 is 0 Å². The molecule has 1 aliphatic rings. The van der Waals surface area contributed by atoms with Crippen LogP contribution in [0.15, 0.2) is 46.6 Å². The molecule has 8 heteroatoms. The third-order valence-electron chi connectivity index (χ3n) is 4.38. The molecule has 1 aliphatic heterocycles. The molecule has 0 saturated carbocycles. The van der Waals surface area contributed by atoms with Crippen LogP contribution < -0.4 is 9.47 Å². The molecule has 1 atom stereocenters. The van der Waals surface area contributed by atoms with Crippen LogP contribution >= 0.6 is 11.8 Å². The predicted molar refractivity (Wildman–Crippen MR) is 101 cm³/mol. The quantitative estimate of drug-likeness (QED) is 0.472. The van der Waals surface area contributed by atoms with E-state index in [1.165, 1.54) is 0 Å². The van der Waals surface area contributed by atoms with Gasteiger partial charge >= 0.3 is 0 Å². The van der Waals surface area contributed by atoms with Gasteiger partial charge in [0.2, 0.25) is 0 Å². The van der Waals surface area contributed by atoms with E-state index in [1.54, 1.807) is 11.8 Å². The molecule has 0 N–H and O–H groups in total. The van der Waals surface area contributed by atoms with Crippen molar-refractivity contribution in [3.8, 4) is 11.5 Å². The Morgan fingerprint density at radius 3 is 2.81 bits per heavy atom. The molecule has 0 aliphatic carbocycles. The van der Waals surface area contributed by atoms with Crippen LogP contribution in [0.5, 0.6) is 11.5 Å². The van der Waals surface area contributed by atoms with Crippen molar-refractivity contribution in [3.05, 3.63) is 59.8 Å². The van der Waals surface area contributed by atoms with Gasteiger partial charge in [0.1, 0.15) is 12.4 Å². The fraction of sp³-hybridized carbons (Fsp3) is 0.316. The monoisotopic (exact) mass is 384 g/mol. The molecule has 0 amide bonds. The van der Waals surface area contributed by atoms with Gasteiger partial charge in [0.25, 0.3) is 0 Å². The molecule has 0 radical (unpaired) electrons. The number of hydrogen-bond donors (Lipinski definition) is 0. The van der Waals surface area contributed by atoms with Gasteiger partial charge in [0.15, 0.2) is 28.6 Å². The number of ether oxygens (including phenoxy) is 2. The number of aryl methyl sites for hydroxylation is 2. The zero-order valence-corrected chi connectivity index (χ0v) is 16.0. The minimum atomic E-state index is -0.319. The Kier molecular flexibility index (Phi) is 4.89. The van der Waals surface area contributed by atoms with Crippen LogP contribution in [-0.4, -0.2) is 26.5 Å². The van der Waals surface area contributed by atoms with Gasteiger partial charge < -0.3 is 14.0 Å². The van der Waals surface area contributed by atoms with E-state index in [-0.39, 0.29) is 6.10 Å². The normalized spacial score (nSPS) is 15.7. The average molecular weight is 384 g/mol. The molecule has 0 saturated heterocycles. The van der Waals surface area contributed by atoms with Crippen molar-refractivity contribution in [2.45, 2.75) is 37.4 Å². The number of rotatable bonds is 6. The lowest BCUT2D eigenvalue weighted by molar-refractivity contribution is 0.0821. The molecule has 0 bridgehead atoms. The van der Waals surface area contributed by atoms with Crippen molar-refractivity contribution in [2.24, 2.45) is 0 Å². The van der Waals surface area contributed by atoms with Crippen LogP contribution in [0.3, 0.4) is 0 Å². The van der Waals surface area contributed by atoms with Gasteiger partial charge in [0, 0.05) is 17.9 Å². The Labute approximate surface area is 161 Å². The summed E-state index contributed by atoms with van der Waals surface area (Å²) >= 11 is 1.59. The maximum absolute atomic E-state index is 6.09. The van der Waals surface area contributed by atoms with E-state index in [4.69, 9.17) is 14.0 Å². The standard InChI is InChI=1S/C19H20N4O3S/c1-4-9-23-18(17-10-24-15-7-5-6-8-16(15)25-17)20-21-19(23)27-11-14-12(2)22-26-13(14)3/h4-8,17H,1,9-11H2,2-3H3/t17-/m1/s1. The highest BCUT2D eigenvalue weighted by molar-refractivity contribution is 7.98. The van der Waals surface area contributed by atoms with E-state index in [0.717, 1.165) is 33.7 Å². The topological polar surface area (TPSA) is 75.2 Å². The molecule has 27 heavy (non-hydrogen) atoms. The van der Waals surface area contributed by atoms with Crippen molar-refractivity contribution >= 4 is 11.8 Å². The van der Waals surface area contributed by atoms with E-state index in [1.807, 2.05) is 48.8 Å². The molecule has 0 fully saturated rings. The second-order valence-electron chi connectivity index (χ2n) is 6.20. The first-order chi connectivity index (χ1) is 13.2. The molecular formula is C19H20N4O3S. The van der Waals surface area contributed by atoms with Gasteiger partial charge in [-0.2, -0.15) is 0 Å². The van der Waals surface area contributed by atoms with Gasteiger partial charge in [-0.1, -0.05) is 35.1 Å². The second kappa shape index (κ2) is 7.48. The van der Waals surface area contributed by atoms with Gasteiger partial charge in [-0.3, -0.25) is 4.57 Å². The number of hydrogen-bond acceptors (Lipinski definition) is 7. The van der Waals surface area contributed by atoms with E-state index in [0.29, 0.717) is 24.7 Å². The van der Waals surface area contributed by atoms with Crippen LogP contribution in [0.2, 0.25) is 0 Å². The molecule has 3 heterocycles. The highest BCUT2D eigenvalue weighted by Crippen LogP contribution is 2.36. The Morgan fingerprint density at radius 1 is 1.26 bits per heavy atom. The summed E-state index contributed by atoms with van der Waals surface area (Å²) in [6.45, 7) is 8.69. The van der Waals surface area contributed by atoms with E-state index in [9.17, 15) is 0 Å². The number of nitrogens with zero attached hydrogens (tertiary/aromatic N) is 4. The van der Waals surface area contributed by atoms with Crippen LogP contribution in [0.1, 0.15) is 28.9 Å². The summed E-state index contributed by atoms with van der Waals surface area (Å²) in [7, 11) is 0. The summed E-state index contributed by atoms with van der Waals surface area (Å²) in [6.07, 6.45) is 1.51. The number of aromatic nitrogens is 4. The fourth-order valence-electron chi connectivity index (χ4n) is 2.94. The molecule has 7 nitrogen and oxygen atoms in total. The lowest BCUT2D eigenvalue weighted by Gasteiger charge is -2.26. The maximum Gasteiger partial charge on any atom is 0.192 e. The Balaban J connectivity index is 1.57. The summed E-state index contributed by atoms with van der Waals surface area (Å²) in [6, 6.07) is 7.63. The zero-order chi connectivity index (χ0) is 18.8. The smallest absolute Gasteiger partial charge is 0.192 e. The summed E-state index contributed by atoms with van der Waals surface area (Å²) in [5, 5.41) is 13.5. The molecule has 140 valence electrons. The van der Waals surface area contributed by atoms with Crippen molar-refractivity contribution in [1.29, 1.82) is 0 Å². The Hall–Kier alpha value is -2.74. The summed E-state index contributed by atoms with van der Waals surface area (Å²) < 4.78 is 19.2. The first-order valence-corrected chi connectivity index (χ1v) is 9.63. The molecule has 0 unspecified atom stereocenters. The van der Waals surface area contributed by atoms with Crippen molar-refractivity contribution in [3.63, 3.8) is 0 Å². The second-order valence-corrected chi connectivity index (χ2v) is 7.14. The molecule has 2 aromatic heterocycles. The molecule has 0 spiro atoms. The molecule has 4 rings (SSSR count). The van der Waals surface area contributed by atoms with Crippen LogP contribution in [0.4, 0.5) is 0 Å². The molecule has 3 aromatic rings. The minimum Gasteiger partial charge on any atom is -0.485 e. The third kappa shape index (κ3) is 3.44. The number of thioether (sulfide) groups is 1. The van der Waals surface area contributed by atoms with Crippen molar-refractivity contribution in [2.75, 3.05) is 6.61 Å². The van der Waals surface area contributed by atoms with Crippen molar-refractivity contribution < 1.29 is 14.0 Å². The van der Waals surface area contributed by atoms with Crippen LogP contribution in [0, 0.1) is 13.8 Å². The summed E-state index contributed by atoms with van der Waals surface area (Å²) in [5.41, 5.74) is 1.98. The minimum absolute atomic E-state index is 0.319. The highest BCUT2D eigenvalue weighted by Gasteiger charge is 2.28. The Bertz CT molecular complexity index is 946. The number of allylic oxidation sites excluding steroid dienone is 1. The van der Waals surface area contributed by atoms with Gasteiger partial charge in [-0.25, -0.2) is 0 Å². The van der Waals surface area contributed by atoms with Crippen LogP contribution in [-0.2, 0) is 12.3 Å². The predicted octanol–water partition coefficient (Wildman–Crippen LogP) is 3.87. The summed E-state index contributed by atoms with van der Waals surface area (Å²) in [4.78, 5) is 0. The summed E-state index contributed by atoms with van der Waals surface area (Å²) in [5.74, 6) is 3.73. The number of benzene rings is 1. The third-order valence-corrected chi connectivity index (χ3v) is 5.37. The average Bonchev–Trinajstić information content (AvgIpc) is 3.23. The largest absolute Gasteiger partial charge is 0.485 e. The SMILES string of the molecule is C=CCn1c(SCc2c(C)noc2C)nnc1[C@H]1COc2ccccc2O1. The maximum atomic E-state index is 6.09. The lowest BCUT2D eigenvalue weighted by Crippen LogP contribution is -2.25. The van der Waals surface area contributed by atoms with Gasteiger partial charge in [-0.05, 0) is 26.0 Å². The fourth-order valence-corrected chi connectivity index (χ4v) is 4.05. The van der Waals surface area contributed by atoms with Gasteiger partial charge in [0.05, 0.1) is 5.69 Å². The van der Waals surface area contributed by atoms with Crippen LogP contribution in [0.25, 0.3) is 0 Å². The number of para-hydroxylation sites is 2.